The number of rotatable bonds is 7. The van der Waals surface area contributed by atoms with Gasteiger partial charge >= 0.3 is 0 Å². The first-order chi connectivity index (χ1) is 16.6. The number of amides is 1. The van der Waals surface area contributed by atoms with E-state index in [2.05, 4.69) is 47.8 Å². The average molecular weight is 681 g/mol. The summed E-state index contributed by atoms with van der Waals surface area (Å²) in [5.41, 5.74) is 3.61. The summed E-state index contributed by atoms with van der Waals surface area (Å²) in [6.07, 6.45) is -0.983. The standard InChI is InChI=1S/C24H20Br2Cl3N3O2S/c1-34-17-12-18(25)21(19(26)13-17)31-23(35)32-22(24(27,28)29)30-20(33)11-14-7-9-16(10-8-14)15-5-3-2-4-6-15/h2-10,12-13,22H,11H2,1H3,(H,30,33)(H2,31,32,35). The van der Waals surface area contributed by atoms with Crippen LogP contribution in [0.15, 0.2) is 75.7 Å². The molecule has 0 aliphatic carbocycles. The molecule has 0 radical (unpaired) electrons. The molecule has 3 aromatic rings. The fourth-order valence-corrected chi connectivity index (χ4v) is 5.00. The maximum Gasteiger partial charge on any atom is 0.228 e. The minimum absolute atomic E-state index is 0.101. The van der Waals surface area contributed by atoms with Gasteiger partial charge in [0.25, 0.3) is 0 Å². The number of thiocarbonyl (C=S) groups is 1. The molecule has 35 heavy (non-hydrogen) atoms. The van der Waals surface area contributed by atoms with Gasteiger partial charge in [0.2, 0.25) is 9.70 Å². The van der Waals surface area contributed by atoms with Crippen molar-refractivity contribution in [2.75, 3.05) is 12.4 Å². The second-order valence-corrected chi connectivity index (χ2v) is 11.8. The van der Waals surface area contributed by atoms with Gasteiger partial charge in [-0.05, 0) is 72.9 Å². The van der Waals surface area contributed by atoms with Crippen molar-refractivity contribution in [3.63, 3.8) is 0 Å². The van der Waals surface area contributed by atoms with E-state index < -0.39 is 9.96 Å². The van der Waals surface area contributed by atoms with Crippen molar-refractivity contribution in [1.29, 1.82) is 0 Å². The van der Waals surface area contributed by atoms with Crippen LogP contribution in [0.2, 0.25) is 0 Å². The van der Waals surface area contributed by atoms with Gasteiger partial charge in [0.05, 0.1) is 19.2 Å². The van der Waals surface area contributed by atoms with Crippen LogP contribution in [0.5, 0.6) is 5.75 Å². The lowest BCUT2D eigenvalue weighted by atomic mass is 10.0. The van der Waals surface area contributed by atoms with Crippen molar-refractivity contribution in [1.82, 2.24) is 10.6 Å². The van der Waals surface area contributed by atoms with Crippen LogP contribution >= 0.6 is 78.9 Å². The highest BCUT2D eigenvalue weighted by Crippen LogP contribution is 2.35. The van der Waals surface area contributed by atoms with Gasteiger partial charge in [0, 0.05) is 8.95 Å². The van der Waals surface area contributed by atoms with Gasteiger partial charge < -0.3 is 20.7 Å². The van der Waals surface area contributed by atoms with Crippen LogP contribution in [-0.2, 0) is 11.2 Å². The van der Waals surface area contributed by atoms with Crippen LogP contribution in [-0.4, -0.2) is 28.1 Å². The summed E-state index contributed by atoms with van der Waals surface area (Å²) in [5.74, 6) is 0.312. The number of hydrogen-bond donors (Lipinski definition) is 3. The van der Waals surface area contributed by atoms with E-state index in [1.807, 2.05) is 54.6 Å². The summed E-state index contributed by atoms with van der Waals surface area (Å²) in [6, 6.07) is 21.2. The predicted molar refractivity (Wildman–Crippen MR) is 156 cm³/mol. The first-order valence-corrected chi connectivity index (χ1v) is 13.3. The highest BCUT2D eigenvalue weighted by atomic mass is 79.9. The summed E-state index contributed by atoms with van der Waals surface area (Å²) < 4.78 is 4.75. The minimum atomic E-state index is -1.87. The topological polar surface area (TPSA) is 62.4 Å². The Morgan fingerprint density at radius 3 is 2.09 bits per heavy atom. The van der Waals surface area contributed by atoms with Crippen molar-refractivity contribution in [2.45, 2.75) is 16.4 Å². The average Bonchev–Trinajstić information content (AvgIpc) is 2.81. The summed E-state index contributed by atoms with van der Waals surface area (Å²) in [7, 11) is 1.57. The van der Waals surface area contributed by atoms with Gasteiger partial charge in [-0.15, -0.1) is 0 Å². The number of halogens is 5. The van der Waals surface area contributed by atoms with Crippen molar-refractivity contribution >= 4 is 95.6 Å². The molecule has 5 nitrogen and oxygen atoms in total. The molecule has 0 bridgehead atoms. The fraction of sp³-hybridized carbons (Fsp3) is 0.167. The SMILES string of the molecule is COc1cc(Br)c(NC(=S)NC(NC(=O)Cc2ccc(-c3ccccc3)cc2)C(Cl)(Cl)Cl)c(Br)c1. The summed E-state index contributed by atoms with van der Waals surface area (Å²) >= 11 is 30.7. The van der Waals surface area contributed by atoms with E-state index in [1.54, 1.807) is 19.2 Å². The number of carbonyl (C=O) groups is 1. The minimum Gasteiger partial charge on any atom is -0.497 e. The molecule has 3 aromatic carbocycles. The zero-order chi connectivity index (χ0) is 25.6. The first kappa shape index (κ1) is 28.0. The Balaban J connectivity index is 1.64. The third-order valence-electron chi connectivity index (χ3n) is 4.82. The fourth-order valence-electron chi connectivity index (χ4n) is 3.11. The quantitative estimate of drug-likeness (QED) is 0.140. The monoisotopic (exact) mass is 677 g/mol. The zero-order valence-electron chi connectivity index (χ0n) is 18.2. The van der Waals surface area contributed by atoms with Gasteiger partial charge in [0.15, 0.2) is 5.11 Å². The molecular weight excluding hydrogens is 661 g/mol. The van der Waals surface area contributed by atoms with E-state index in [0.717, 1.165) is 16.7 Å². The molecule has 0 aromatic heterocycles. The van der Waals surface area contributed by atoms with E-state index in [0.29, 0.717) is 20.4 Å². The van der Waals surface area contributed by atoms with Crippen molar-refractivity contribution in [3.8, 4) is 16.9 Å². The number of hydrogen-bond acceptors (Lipinski definition) is 3. The number of nitrogens with one attached hydrogen (secondary N) is 3. The van der Waals surface area contributed by atoms with Crippen molar-refractivity contribution < 1.29 is 9.53 Å². The molecule has 11 heteroatoms. The lowest BCUT2D eigenvalue weighted by Gasteiger charge is -2.28. The molecule has 0 spiro atoms. The summed E-state index contributed by atoms with van der Waals surface area (Å²) in [4.78, 5) is 12.7. The number of benzene rings is 3. The Morgan fingerprint density at radius 1 is 0.971 bits per heavy atom. The second kappa shape index (κ2) is 12.6. The molecule has 0 heterocycles. The van der Waals surface area contributed by atoms with Crippen molar-refractivity contribution in [3.05, 3.63) is 81.2 Å². The molecule has 0 aliphatic heterocycles. The Bertz CT molecular complexity index is 1170. The molecule has 1 amide bonds. The number of carbonyl (C=O) groups excluding carboxylic acids is 1. The zero-order valence-corrected chi connectivity index (χ0v) is 24.5. The molecule has 1 unspecified atom stereocenters. The predicted octanol–water partition coefficient (Wildman–Crippen LogP) is 7.23. The first-order valence-electron chi connectivity index (χ1n) is 10.2. The van der Waals surface area contributed by atoms with Gasteiger partial charge in [-0.3, -0.25) is 4.79 Å². The maximum absolute atomic E-state index is 12.7. The molecule has 0 saturated carbocycles. The number of anilines is 1. The molecule has 1 atom stereocenters. The van der Waals surface area contributed by atoms with Crippen LogP contribution < -0.4 is 20.7 Å². The van der Waals surface area contributed by atoms with Crippen LogP contribution in [0.1, 0.15) is 5.56 Å². The molecule has 0 aliphatic rings. The number of methoxy groups -OCH3 is 1. The van der Waals surface area contributed by atoms with Crippen LogP contribution in [0.25, 0.3) is 11.1 Å². The summed E-state index contributed by atoms with van der Waals surface area (Å²) in [5, 5.41) is 8.71. The molecular formula is C24H20Br2Cl3N3O2S. The maximum atomic E-state index is 12.7. The highest BCUT2D eigenvalue weighted by Gasteiger charge is 2.34. The van der Waals surface area contributed by atoms with Gasteiger partial charge in [-0.25, -0.2) is 0 Å². The smallest absolute Gasteiger partial charge is 0.228 e. The van der Waals surface area contributed by atoms with E-state index in [-0.39, 0.29) is 17.4 Å². The van der Waals surface area contributed by atoms with E-state index in [4.69, 9.17) is 51.8 Å². The lowest BCUT2D eigenvalue weighted by molar-refractivity contribution is -0.121. The van der Waals surface area contributed by atoms with Crippen LogP contribution in [0.3, 0.4) is 0 Å². The largest absolute Gasteiger partial charge is 0.497 e. The van der Waals surface area contributed by atoms with Gasteiger partial charge in [-0.2, -0.15) is 0 Å². The van der Waals surface area contributed by atoms with Crippen LogP contribution in [0.4, 0.5) is 5.69 Å². The van der Waals surface area contributed by atoms with Crippen LogP contribution in [0, 0.1) is 0 Å². The normalized spacial score (nSPS) is 11.9. The molecule has 3 N–H and O–H groups in total. The highest BCUT2D eigenvalue weighted by molar-refractivity contribution is 9.11. The number of ether oxygens (including phenoxy) is 1. The van der Waals surface area contributed by atoms with E-state index in [1.165, 1.54) is 0 Å². The number of alkyl halides is 3. The van der Waals surface area contributed by atoms with E-state index in [9.17, 15) is 4.79 Å². The molecule has 184 valence electrons. The Hall–Kier alpha value is -1.55. The lowest BCUT2D eigenvalue weighted by Crippen LogP contribution is -2.56. The second-order valence-electron chi connectivity index (χ2n) is 7.35. The Kier molecular flexibility index (Phi) is 10.1. The molecule has 3 rings (SSSR count). The van der Waals surface area contributed by atoms with E-state index >= 15 is 0 Å². The Labute approximate surface area is 241 Å². The van der Waals surface area contributed by atoms with Crippen molar-refractivity contribution in [2.24, 2.45) is 0 Å². The third kappa shape index (κ3) is 8.23. The van der Waals surface area contributed by atoms with Gasteiger partial charge in [-0.1, -0.05) is 89.4 Å². The molecule has 0 saturated heterocycles. The van der Waals surface area contributed by atoms with Gasteiger partial charge in [0.1, 0.15) is 11.9 Å². The molecule has 0 fully saturated rings. The third-order valence-corrected chi connectivity index (χ3v) is 6.95. The Morgan fingerprint density at radius 2 is 1.54 bits per heavy atom. The summed E-state index contributed by atoms with van der Waals surface area (Å²) in [6.45, 7) is 0.